The summed E-state index contributed by atoms with van der Waals surface area (Å²) in [4.78, 5) is 27.1. The van der Waals surface area contributed by atoms with E-state index in [0.717, 1.165) is 34.4 Å². The van der Waals surface area contributed by atoms with Gasteiger partial charge in [-0.15, -0.1) is 0 Å². The number of piperidine rings is 1. The Bertz CT molecular complexity index is 1050. The Morgan fingerprint density at radius 2 is 1.80 bits per heavy atom. The molecule has 0 bridgehead atoms. The van der Waals surface area contributed by atoms with Crippen LogP contribution in [0.1, 0.15) is 45.1 Å². The zero-order chi connectivity index (χ0) is 21.3. The van der Waals surface area contributed by atoms with Crippen molar-refractivity contribution in [3.63, 3.8) is 0 Å². The van der Waals surface area contributed by atoms with E-state index in [1.165, 1.54) is 6.26 Å². The first kappa shape index (κ1) is 20.5. The van der Waals surface area contributed by atoms with Crippen LogP contribution in [0.3, 0.4) is 0 Å². The molecule has 6 nitrogen and oxygen atoms in total. The average Bonchev–Trinajstić information content (AvgIpc) is 3.37. The van der Waals surface area contributed by atoms with Crippen molar-refractivity contribution in [3.8, 4) is 5.69 Å². The second-order valence-electron chi connectivity index (χ2n) is 7.61. The zero-order valence-corrected chi connectivity index (χ0v) is 18.6. The molecular formula is C23H24BrN3O3. The van der Waals surface area contributed by atoms with Crippen molar-refractivity contribution in [2.45, 2.75) is 32.7 Å². The number of aromatic nitrogens is 1. The maximum atomic E-state index is 13.0. The lowest BCUT2D eigenvalue weighted by Gasteiger charge is -2.31. The van der Waals surface area contributed by atoms with Gasteiger partial charge in [-0.3, -0.25) is 9.59 Å². The minimum Gasteiger partial charge on any atom is -0.459 e. The predicted molar refractivity (Wildman–Crippen MR) is 118 cm³/mol. The average molecular weight is 470 g/mol. The van der Waals surface area contributed by atoms with Crippen LogP contribution in [0.5, 0.6) is 0 Å². The smallest absolute Gasteiger partial charge is 0.289 e. The van der Waals surface area contributed by atoms with Gasteiger partial charge < -0.3 is 19.2 Å². The highest BCUT2D eigenvalue weighted by Crippen LogP contribution is 2.23. The second kappa shape index (κ2) is 8.52. The van der Waals surface area contributed by atoms with Crippen molar-refractivity contribution in [2.75, 3.05) is 13.1 Å². The molecule has 2 aromatic heterocycles. The van der Waals surface area contributed by atoms with Crippen LogP contribution in [0.4, 0.5) is 0 Å². The van der Waals surface area contributed by atoms with E-state index >= 15 is 0 Å². The van der Waals surface area contributed by atoms with Gasteiger partial charge in [-0.05, 0) is 69.2 Å². The number of nitrogens with zero attached hydrogens (tertiary/aromatic N) is 2. The van der Waals surface area contributed by atoms with Crippen LogP contribution in [-0.2, 0) is 0 Å². The van der Waals surface area contributed by atoms with E-state index in [4.69, 9.17) is 4.42 Å². The fourth-order valence-electron chi connectivity index (χ4n) is 4.03. The van der Waals surface area contributed by atoms with Crippen molar-refractivity contribution in [1.29, 1.82) is 0 Å². The van der Waals surface area contributed by atoms with Gasteiger partial charge >= 0.3 is 0 Å². The molecule has 156 valence electrons. The summed E-state index contributed by atoms with van der Waals surface area (Å²) >= 11 is 3.46. The van der Waals surface area contributed by atoms with Crippen LogP contribution in [-0.4, -0.2) is 40.4 Å². The number of likely N-dealkylation sites (tertiary alicyclic amines) is 1. The van der Waals surface area contributed by atoms with Gasteiger partial charge in [-0.25, -0.2) is 0 Å². The summed E-state index contributed by atoms with van der Waals surface area (Å²) in [6.07, 6.45) is 2.96. The highest BCUT2D eigenvalue weighted by atomic mass is 79.9. The summed E-state index contributed by atoms with van der Waals surface area (Å²) in [5.74, 6) is 0.197. The third-order valence-corrected chi connectivity index (χ3v) is 6.14. The van der Waals surface area contributed by atoms with E-state index in [-0.39, 0.29) is 17.9 Å². The highest BCUT2D eigenvalue weighted by Gasteiger charge is 2.27. The fourth-order valence-corrected chi connectivity index (χ4v) is 4.29. The van der Waals surface area contributed by atoms with Crippen LogP contribution in [0.15, 0.2) is 57.6 Å². The third kappa shape index (κ3) is 4.07. The van der Waals surface area contributed by atoms with E-state index in [0.29, 0.717) is 24.4 Å². The first-order valence-corrected chi connectivity index (χ1v) is 10.8. The van der Waals surface area contributed by atoms with Crippen molar-refractivity contribution in [3.05, 3.63) is 75.9 Å². The Morgan fingerprint density at radius 1 is 1.10 bits per heavy atom. The lowest BCUT2D eigenvalue weighted by atomic mass is 10.0. The summed E-state index contributed by atoms with van der Waals surface area (Å²) < 4.78 is 8.31. The molecule has 1 aromatic carbocycles. The first-order chi connectivity index (χ1) is 14.4. The molecule has 1 N–H and O–H groups in total. The summed E-state index contributed by atoms with van der Waals surface area (Å²) in [7, 11) is 0. The number of hydrogen-bond acceptors (Lipinski definition) is 3. The molecule has 1 aliphatic heterocycles. The quantitative estimate of drug-likeness (QED) is 0.612. The third-order valence-electron chi connectivity index (χ3n) is 5.61. The summed E-state index contributed by atoms with van der Waals surface area (Å²) in [5, 5.41) is 3.15. The molecule has 0 atom stereocenters. The minimum absolute atomic E-state index is 0.0499. The molecule has 1 fully saturated rings. The molecule has 1 saturated heterocycles. The van der Waals surface area contributed by atoms with E-state index in [9.17, 15) is 9.59 Å². The second-order valence-corrected chi connectivity index (χ2v) is 8.53. The Kier molecular flexibility index (Phi) is 5.81. The fraction of sp³-hybridized carbons (Fsp3) is 0.304. The number of furan rings is 1. The van der Waals surface area contributed by atoms with Gasteiger partial charge in [0.1, 0.15) is 0 Å². The van der Waals surface area contributed by atoms with E-state index in [1.54, 1.807) is 17.0 Å². The number of nitrogens with one attached hydrogen (secondary N) is 1. The van der Waals surface area contributed by atoms with E-state index in [2.05, 4.69) is 25.8 Å². The van der Waals surface area contributed by atoms with E-state index in [1.807, 2.05) is 44.2 Å². The largest absolute Gasteiger partial charge is 0.459 e. The molecule has 7 heteroatoms. The van der Waals surface area contributed by atoms with E-state index < -0.39 is 0 Å². The van der Waals surface area contributed by atoms with Crippen molar-refractivity contribution < 1.29 is 14.0 Å². The van der Waals surface area contributed by atoms with Crippen LogP contribution >= 0.6 is 15.9 Å². The molecular weight excluding hydrogens is 446 g/mol. The number of rotatable bonds is 4. The number of halogens is 1. The lowest BCUT2D eigenvalue weighted by Crippen LogP contribution is -2.46. The number of benzene rings is 1. The topological polar surface area (TPSA) is 67.5 Å². The molecule has 0 radical (unpaired) electrons. The van der Waals surface area contributed by atoms with Gasteiger partial charge in [0.2, 0.25) is 0 Å². The molecule has 2 amide bonds. The van der Waals surface area contributed by atoms with Crippen LogP contribution < -0.4 is 5.32 Å². The van der Waals surface area contributed by atoms with Gasteiger partial charge in [0.25, 0.3) is 11.8 Å². The molecule has 3 aromatic rings. The van der Waals surface area contributed by atoms with Crippen molar-refractivity contribution in [1.82, 2.24) is 14.8 Å². The van der Waals surface area contributed by atoms with Gasteiger partial charge in [0.15, 0.2) is 5.76 Å². The zero-order valence-electron chi connectivity index (χ0n) is 17.0. The Balaban J connectivity index is 1.41. The molecule has 30 heavy (non-hydrogen) atoms. The Hall–Kier alpha value is -2.80. The molecule has 1 aliphatic rings. The molecule has 0 saturated carbocycles. The molecule has 4 rings (SSSR count). The molecule has 0 aliphatic carbocycles. The first-order valence-electron chi connectivity index (χ1n) is 10.0. The monoisotopic (exact) mass is 469 g/mol. The molecule has 0 spiro atoms. The maximum absolute atomic E-state index is 13.0. The van der Waals surface area contributed by atoms with Gasteiger partial charge in [0, 0.05) is 40.7 Å². The summed E-state index contributed by atoms with van der Waals surface area (Å²) in [5.41, 5.74) is 3.64. The van der Waals surface area contributed by atoms with Crippen LogP contribution in [0.25, 0.3) is 5.69 Å². The van der Waals surface area contributed by atoms with Gasteiger partial charge in [0.05, 0.1) is 11.8 Å². The summed E-state index contributed by atoms with van der Waals surface area (Å²) in [6.45, 7) is 5.17. The van der Waals surface area contributed by atoms with Crippen LogP contribution in [0.2, 0.25) is 0 Å². The molecule has 3 heterocycles. The Morgan fingerprint density at radius 3 is 2.43 bits per heavy atom. The standard InChI is InChI=1S/C23H24BrN3O3/c1-15-14-20(16(2)27(15)19-7-5-17(24)6-8-19)22(28)25-18-9-11-26(12-10-18)23(29)21-4-3-13-30-21/h3-8,13-14,18H,9-12H2,1-2H3,(H,25,28). The highest BCUT2D eigenvalue weighted by molar-refractivity contribution is 9.10. The van der Waals surface area contributed by atoms with Gasteiger partial charge in [-0.1, -0.05) is 15.9 Å². The normalized spacial score (nSPS) is 14.7. The van der Waals surface area contributed by atoms with Gasteiger partial charge in [-0.2, -0.15) is 0 Å². The summed E-state index contributed by atoms with van der Waals surface area (Å²) in [6, 6.07) is 13.4. The lowest BCUT2D eigenvalue weighted by molar-refractivity contribution is 0.0667. The minimum atomic E-state index is -0.0946. The number of amides is 2. The van der Waals surface area contributed by atoms with Crippen molar-refractivity contribution in [2.24, 2.45) is 0 Å². The SMILES string of the molecule is Cc1cc(C(=O)NC2CCN(C(=O)c3ccco3)CC2)c(C)n1-c1ccc(Br)cc1. The number of aryl methyl sites for hydroxylation is 1. The Labute approximate surface area is 184 Å². The maximum Gasteiger partial charge on any atom is 0.289 e. The molecule has 0 unspecified atom stereocenters. The number of hydrogen-bond donors (Lipinski definition) is 1. The number of carbonyl (C=O) groups excluding carboxylic acids is 2. The predicted octanol–water partition coefficient (Wildman–Crippen LogP) is 4.48. The number of carbonyl (C=O) groups is 2. The van der Waals surface area contributed by atoms with Crippen LogP contribution in [0, 0.1) is 13.8 Å². The van der Waals surface area contributed by atoms with Crippen molar-refractivity contribution >= 4 is 27.7 Å².